The lowest BCUT2D eigenvalue weighted by Crippen LogP contribution is -2.24. The van der Waals surface area contributed by atoms with Gasteiger partial charge in [-0.05, 0) is 30.5 Å². The van der Waals surface area contributed by atoms with E-state index in [0.29, 0.717) is 12.6 Å². The lowest BCUT2D eigenvalue weighted by molar-refractivity contribution is 0.507. The summed E-state index contributed by atoms with van der Waals surface area (Å²) < 4.78 is 38.5. The molecule has 0 heterocycles. The third kappa shape index (κ3) is 2.88. The first kappa shape index (κ1) is 13.5. The Labute approximate surface area is 107 Å². The molecule has 1 aromatic rings. The summed E-state index contributed by atoms with van der Waals surface area (Å²) >= 11 is 0. The summed E-state index contributed by atoms with van der Waals surface area (Å²) in [4.78, 5) is -0.261. The Kier molecular flexibility index (Phi) is 3.70. The minimum Gasteiger partial charge on any atom is -0.310 e. The highest BCUT2D eigenvalue weighted by molar-refractivity contribution is 7.89. The molecular weight excluding hydrogens is 255 g/mol. The molecule has 100 valence electrons. The molecule has 0 radical (unpaired) electrons. The van der Waals surface area contributed by atoms with Gasteiger partial charge in [0, 0.05) is 26.7 Å². The maximum atomic E-state index is 13.6. The zero-order valence-electron chi connectivity index (χ0n) is 10.5. The molecule has 1 saturated carbocycles. The van der Waals surface area contributed by atoms with Gasteiger partial charge in [0.2, 0.25) is 10.0 Å². The van der Waals surface area contributed by atoms with Crippen molar-refractivity contribution in [2.75, 3.05) is 14.1 Å². The third-order valence-corrected chi connectivity index (χ3v) is 4.76. The molecule has 0 amide bonds. The lowest BCUT2D eigenvalue weighted by atomic mass is 10.2. The van der Waals surface area contributed by atoms with Gasteiger partial charge in [0.05, 0.1) is 0 Å². The Balaban J connectivity index is 2.25. The monoisotopic (exact) mass is 272 g/mol. The van der Waals surface area contributed by atoms with Crippen LogP contribution in [0.25, 0.3) is 0 Å². The zero-order valence-corrected chi connectivity index (χ0v) is 11.3. The van der Waals surface area contributed by atoms with Gasteiger partial charge in [-0.3, -0.25) is 0 Å². The van der Waals surface area contributed by atoms with Crippen molar-refractivity contribution in [3.8, 4) is 0 Å². The molecule has 1 aliphatic rings. The van der Waals surface area contributed by atoms with Gasteiger partial charge in [-0.2, -0.15) is 0 Å². The number of halogens is 1. The number of hydrogen-bond donors (Lipinski definition) is 1. The molecular formula is C12H17FN2O2S. The number of sulfonamides is 1. The molecule has 0 spiro atoms. The van der Waals surface area contributed by atoms with Crippen LogP contribution in [0.4, 0.5) is 4.39 Å². The topological polar surface area (TPSA) is 49.4 Å². The molecule has 1 fully saturated rings. The second-order valence-corrected chi connectivity index (χ2v) is 6.83. The van der Waals surface area contributed by atoms with Crippen molar-refractivity contribution < 1.29 is 12.8 Å². The van der Waals surface area contributed by atoms with Crippen molar-refractivity contribution in [2.24, 2.45) is 0 Å². The quantitative estimate of drug-likeness (QED) is 0.879. The number of rotatable bonds is 5. The van der Waals surface area contributed by atoms with Gasteiger partial charge in [-0.15, -0.1) is 0 Å². The fourth-order valence-corrected chi connectivity index (χ4v) is 2.61. The molecule has 0 aliphatic heterocycles. The highest BCUT2D eigenvalue weighted by atomic mass is 32.2. The summed E-state index contributed by atoms with van der Waals surface area (Å²) in [5, 5.41) is 3.27. The van der Waals surface area contributed by atoms with E-state index in [2.05, 4.69) is 5.32 Å². The minimum absolute atomic E-state index is 0.261. The molecule has 0 atom stereocenters. The highest BCUT2D eigenvalue weighted by Crippen LogP contribution is 2.22. The van der Waals surface area contributed by atoms with Crippen molar-refractivity contribution >= 4 is 10.0 Å². The van der Waals surface area contributed by atoms with E-state index in [1.807, 2.05) is 0 Å². The molecule has 18 heavy (non-hydrogen) atoms. The summed E-state index contributed by atoms with van der Waals surface area (Å²) in [6.45, 7) is 0.570. The first-order valence-corrected chi connectivity index (χ1v) is 7.29. The van der Waals surface area contributed by atoms with E-state index >= 15 is 0 Å². The van der Waals surface area contributed by atoms with Gasteiger partial charge >= 0.3 is 0 Å². The van der Waals surface area contributed by atoms with Crippen molar-refractivity contribution in [2.45, 2.75) is 30.3 Å². The zero-order chi connectivity index (χ0) is 13.3. The molecule has 4 nitrogen and oxygen atoms in total. The number of nitrogens with one attached hydrogen (secondary N) is 1. The van der Waals surface area contributed by atoms with E-state index in [0.717, 1.165) is 22.7 Å². The fraction of sp³-hybridized carbons (Fsp3) is 0.500. The first-order valence-electron chi connectivity index (χ1n) is 5.85. The largest absolute Gasteiger partial charge is 0.310 e. The molecule has 0 aromatic heterocycles. The van der Waals surface area contributed by atoms with Crippen LogP contribution < -0.4 is 5.32 Å². The van der Waals surface area contributed by atoms with Crippen molar-refractivity contribution in [1.82, 2.24) is 9.62 Å². The molecule has 6 heteroatoms. The van der Waals surface area contributed by atoms with Gasteiger partial charge in [0.25, 0.3) is 0 Å². The third-order valence-electron chi connectivity index (χ3n) is 2.93. The van der Waals surface area contributed by atoms with Gasteiger partial charge in [-0.1, -0.05) is 6.07 Å². The standard InChI is InChI=1S/C12H17FN2O2S/c1-15(2)18(16,17)12-7-9(3-6-11(12)13)8-14-10-4-5-10/h3,6-7,10,14H,4-5,8H2,1-2H3. The van der Waals surface area contributed by atoms with Crippen molar-refractivity contribution in [1.29, 1.82) is 0 Å². The van der Waals surface area contributed by atoms with Crippen LogP contribution in [0.3, 0.4) is 0 Å². The fourth-order valence-electron chi connectivity index (χ4n) is 1.60. The van der Waals surface area contributed by atoms with Crippen LogP contribution in [0.15, 0.2) is 23.1 Å². The maximum absolute atomic E-state index is 13.6. The van der Waals surface area contributed by atoms with Crippen LogP contribution in [-0.4, -0.2) is 32.9 Å². The van der Waals surface area contributed by atoms with Crippen LogP contribution in [-0.2, 0) is 16.6 Å². The number of nitrogens with zero attached hydrogens (tertiary/aromatic N) is 1. The average molecular weight is 272 g/mol. The SMILES string of the molecule is CN(C)S(=O)(=O)c1cc(CNC2CC2)ccc1F. The molecule has 1 aliphatic carbocycles. The summed E-state index contributed by atoms with van der Waals surface area (Å²) in [6, 6.07) is 4.75. The average Bonchev–Trinajstić information content (AvgIpc) is 3.11. The minimum atomic E-state index is -3.72. The Morgan fingerprint density at radius 1 is 1.39 bits per heavy atom. The summed E-state index contributed by atoms with van der Waals surface area (Å²) in [5.41, 5.74) is 0.781. The van der Waals surface area contributed by atoms with Crippen molar-refractivity contribution in [3.05, 3.63) is 29.6 Å². The van der Waals surface area contributed by atoms with E-state index in [4.69, 9.17) is 0 Å². The van der Waals surface area contributed by atoms with Gasteiger partial charge in [0.1, 0.15) is 10.7 Å². The number of hydrogen-bond acceptors (Lipinski definition) is 3. The smallest absolute Gasteiger partial charge is 0.245 e. The molecule has 1 N–H and O–H groups in total. The van der Waals surface area contributed by atoms with E-state index in [1.165, 1.54) is 26.2 Å². The second kappa shape index (κ2) is 4.95. The summed E-state index contributed by atoms with van der Waals surface area (Å²) in [6.07, 6.45) is 2.31. The predicted octanol–water partition coefficient (Wildman–Crippen LogP) is 1.33. The molecule has 2 rings (SSSR count). The van der Waals surface area contributed by atoms with Gasteiger partial charge in [0.15, 0.2) is 0 Å². The number of benzene rings is 1. The first-order chi connectivity index (χ1) is 8.41. The maximum Gasteiger partial charge on any atom is 0.245 e. The van der Waals surface area contributed by atoms with Crippen LogP contribution >= 0.6 is 0 Å². The summed E-state index contributed by atoms with van der Waals surface area (Å²) in [5.74, 6) is -0.709. The molecule has 1 aromatic carbocycles. The Hall–Kier alpha value is -0.980. The Morgan fingerprint density at radius 3 is 2.61 bits per heavy atom. The molecule has 0 saturated heterocycles. The van der Waals surface area contributed by atoms with E-state index < -0.39 is 15.8 Å². The van der Waals surface area contributed by atoms with Crippen molar-refractivity contribution in [3.63, 3.8) is 0 Å². The molecule has 0 bridgehead atoms. The van der Waals surface area contributed by atoms with Crippen LogP contribution in [0, 0.1) is 5.82 Å². The molecule has 0 unspecified atom stereocenters. The van der Waals surface area contributed by atoms with Crippen LogP contribution in [0.2, 0.25) is 0 Å². The Bertz CT molecular complexity index is 539. The van der Waals surface area contributed by atoms with Gasteiger partial charge in [-0.25, -0.2) is 17.1 Å². The van der Waals surface area contributed by atoms with E-state index in [9.17, 15) is 12.8 Å². The van der Waals surface area contributed by atoms with Gasteiger partial charge < -0.3 is 5.32 Å². The van der Waals surface area contributed by atoms with Crippen LogP contribution in [0.1, 0.15) is 18.4 Å². The second-order valence-electron chi connectivity index (χ2n) is 4.71. The summed E-state index contributed by atoms with van der Waals surface area (Å²) in [7, 11) is -0.937. The highest BCUT2D eigenvalue weighted by Gasteiger charge is 2.23. The lowest BCUT2D eigenvalue weighted by Gasteiger charge is -2.13. The Morgan fingerprint density at radius 2 is 2.06 bits per heavy atom. The van der Waals surface area contributed by atoms with E-state index in [1.54, 1.807) is 6.07 Å². The van der Waals surface area contributed by atoms with E-state index in [-0.39, 0.29) is 4.90 Å². The van der Waals surface area contributed by atoms with Crippen LogP contribution in [0.5, 0.6) is 0 Å². The predicted molar refractivity (Wildman–Crippen MR) is 67.1 cm³/mol. The normalized spacial score (nSPS) is 16.2.